The maximum Gasteiger partial charge on any atom is 0.191 e. The maximum absolute atomic E-state index is 4.33. The molecule has 0 bridgehead atoms. The molecule has 0 aromatic rings. The first-order valence-electron chi connectivity index (χ1n) is 5.48. The SMILES string of the molecule is CC1(C)C(CNC2=NCCN2)C1(C)C. The van der Waals surface area contributed by atoms with Crippen LogP contribution in [-0.4, -0.2) is 25.6 Å². The number of aliphatic imine (C=N–C) groups is 1. The topological polar surface area (TPSA) is 36.4 Å². The second-order valence-electron chi connectivity index (χ2n) is 5.53. The summed E-state index contributed by atoms with van der Waals surface area (Å²) in [5.41, 5.74) is 0.943. The molecular weight excluding hydrogens is 174 g/mol. The van der Waals surface area contributed by atoms with Crippen LogP contribution >= 0.6 is 0 Å². The van der Waals surface area contributed by atoms with Gasteiger partial charge in [-0.3, -0.25) is 4.99 Å². The first-order valence-corrected chi connectivity index (χ1v) is 5.48. The van der Waals surface area contributed by atoms with Crippen molar-refractivity contribution in [2.24, 2.45) is 21.7 Å². The van der Waals surface area contributed by atoms with Crippen LogP contribution in [0.1, 0.15) is 27.7 Å². The van der Waals surface area contributed by atoms with E-state index in [0.717, 1.165) is 31.5 Å². The van der Waals surface area contributed by atoms with Gasteiger partial charge < -0.3 is 10.6 Å². The minimum absolute atomic E-state index is 0.471. The van der Waals surface area contributed by atoms with Crippen molar-refractivity contribution in [1.82, 2.24) is 10.6 Å². The minimum Gasteiger partial charge on any atom is -0.356 e. The zero-order chi connectivity index (χ0) is 10.4. The van der Waals surface area contributed by atoms with E-state index in [-0.39, 0.29) is 0 Å². The molecule has 3 nitrogen and oxygen atoms in total. The minimum atomic E-state index is 0.471. The Kier molecular flexibility index (Phi) is 2.02. The lowest BCUT2D eigenvalue weighted by atomic mass is 10.0. The number of hydrogen-bond donors (Lipinski definition) is 2. The molecular formula is C11H21N3. The molecule has 0 atom stereocenters. The van der Waals surface area contributed by atoms with Gasteiger partial charge in [0.1, 0.15) is 0 Å². The lowest BCUT2D eigenvalue weighted by Gasteiger charge is -2.07. The zero-order valence-corrected chi connectivity index (χ0v) is 9.65. The highest BCUT2D eigenvalue weighted by molar-refractivity contribution is 5.81. The normalized spacial score (nSPS) is 28.1. The molecule has 0 aromatic carbocycles. The van der Waals surface area contributed by atoms with Crippen molar-refractivity contribution >= 4 is 5.96 Å². The van der Waals surface area contributed by atoms with Crippen molar-refractivity contribution in [3.05, 3.63) is 0 Å². The van der Waals surface area contributed by atoms with E-state index in [9.17, 15) is 0 Å². The summed E-state index contributed by atoms with van der Waals surface area (Å²) in [6, 6.07) is 0. The van der Waals surface area contributed by atoms with Crippen molar-refractivity contribution in [1.29, 1.82) is 0 Å². The predicted octanol–water partition coefficient (Wildman–Crippen LogP) is 1.22. The van der Waals surface area contributed by atoms with E-state index in [1.54, 1.807) is 0 Å². The number of nitrogens with one attached hydrogen (secondary N) is 2. The van der Waals surface area contributed by atoms with Crippen LogP contribution in [0.15, 0.2) is 4.99 Å². The first-order chi connectivity index (χ1) is 6.46. The Bertz CT molecular complexity index is 252. The van der Waals surface area contributed by atoms with Crippen molar-refractivity contribution in [3.63, 3.8) is 0 Å². The van der Waals surface area contributed by atoms with Crippen LogP contribution in [0.2, 0.25) is 0 Å². The molecule has 3 heteroatoms. The fourth-order valence-corrected chi connectivity index (χ4v) is 2.56. The summed E-state index contributed by atoms with van der Waals surface area (Å²) in [7, 11) is 0. The molecule has 0 unspecified atom stereocenters. The summed E-state index contributed by atoms with van der Waals surface area (Å²) >= 11 is 0. The molecule has 0 saturated heterocycles. The van der Waals surface area contributed by atoms with Gasteiger partial charge in [0, 0.05) is 13.1 Å². The van der Waals surface area contributed by atoms with Crippen molar-refractivity contribution in [3.8, 4) is 0 Å². The van der Waals surface area contributed by atoms with E-state index in [1.807, 2.05) is 0 Å². The molecule has 1 fully saturated rings. The number of guanidine groups is 1. The lowest BCUT2D eigenvalue weighted by Crippen LogP contribution is -2.35. The van der Waals surface area contributed by atoms with Crippen LogP contribution in [0.4, 0.5) is 0 Å². The summed E-state index contributed by atoms with van der Waals surface area (Å²) in [5, 5.41) is 6.63. The second-order valence-corrected chi connectivity index (χ2v) is 5.53. The Balaban J connectivity index is 1.83. The fraction of sp³-hybridized carbons (Fsp3) is 0.909. The fourth-order valence-electron chi connectivity index (χ4n) is 2.56. The van der Waals surface area contributed by atoms with Crippen LogP contribution in [0.5, 0.6) is 0 Å². The van der Waals surface area contributed by atoms with Gasteiger partial charge in [-0.15, -0.1) is 0 Å². The lowest BCUT2D eigenvalue weighted by molar-refractivity contribution is 0.457. The maximum atomic E-state index is 4.33. The van der Waals surface area contributed by atoms with Gasteiger partial charge in [0.25, 0.3) is 0 Å². The summed E-state index contributed by atoms with van der Waals surface area (Å²) < 4.78 is 0. The molecule has 0 amide bonds. The van der Waals surface area contributed by atoms with Gasteiger partial charge in [-0.1, -0.05) is 27.7 Å². The molecule has 2 N–H and O–H groups in total. The predicted molar refractivity (Wildman–Crippen MR) is 59.4 cm³/mol. The number of rotatable bonds is 2. The Hall–Kier alpha value is -0.730. The van der Waals surface area contributed by atoms with Gasteiger partial charge in [0.05, 0.1) is 6.54 Å². The molecule has 14 heavy (non-hydrogen) atoms. The van der Waals surface area contributed by atoms with Crippen LogP contribution in [0, 0.1) is 16.7 Å². The molecule has 2 rings (SSSR count). The average Bonchev–Trinajstić information content (AvgIpc) is 2.54. The molecule has 0 aromatic heterocycles. The van der Waals surface area contributed by atoms with Crippen LogP contribution in [-0.2, 0) is 0 Å². The summed E-state index contributed by atoms with van der Waals surface area (Å²) in [5.74, 6) is 1.75. The highest BCUT2D eigenvalue weighted by Gasteiger charge is 2.64. The average molecular weight is 195 g/mol. The molecule has 80 valence electrons. The quantitative estimate of drug-likeness (QED) is 0.695. The van der Waals surface area contributed by atoms with E-state index in [0.29, 0.717) is 10.8 Å². The smallest absolute Gasteiger partial charge is 0.191 e. The van der Waals surface area contributed by atoms with E-state index in [2.05, 4.69) is 43.3 Å². The van der Waals surface area contributed by atoms with E-state index in [4.69, 9.17) is 0 Å². The molecule has 0 spiro atoms. The second kappa shape index (κ2) is 2.88. The Morgan fingerprint density at radius 3 is 2.43 bits per heavy atom. The van der Waals surface area contributed by atoms with Crippen LogP contribution < -0.4 is 10.6 Å². The van der Waals surface area contributed by atoms with Gasteiger partial charge >= 0.3 is 0 Å². The molecule has 2 aliphatic rings. The Morgan fingerprint density at radius 1 is 1.36 bits per heavy atom. The molecule has 1 saturated carbocycles. The zero-order valence-electron chi connectivity index (χ0n) is 9.65. The van der Waals surface area contributed by atoms with Gasteiger partial charge in [-0.25, -0.2) is 0 Å². The Morgan fingerprint density at radius 2 is 2.00 bits per heavy atom. The number of hydrogen-bond acceptors (Lipinski definition) is 3. The number of nitrogens with zero attached hydrogens (tertiary/aromatic N) is 1. The van der Waals surface area contributed by atoms with Crippen molar-refractivity contribution in [2.45, 2.75) is 27.7 Å². The van der Waals surface area contributed by atoms with Gasteiger partial charge in [0.2, 0.25) is 0 Å². The third-order valence-corrected chi connectivity index (χ3v) is 4.47. The molecule has 1 aliphatic carbocycles. The van der Waals surface area contributed by atoms with Crippen molar-refractivity contribution < 1.29 is 0 Å². The third kappa shape index (κ3) is 1.30. The Labute approximate surface area is 86.4 Å². The van der Waals surface area contributed by atoms with Gasteiger partial charge in [-0.2, -0.15) is 0 Å². The standard InChI is InChI=1S/C11H21N3/c1-10(2)8(11(10,3)4)7-14-9-12-5-6-13-9/h8H,5-7H2,1-4H3,(H2,12,13,14). The molecule has 1 aliphatic heterocycles. The highest BCUT2D eigenvalue weighted by atomic mass is 15.2. The monoisotopic (exact) mass is 195 g/mol. The summed E-state index contributed by atoms with van der Waals surface area (Å²) in [4.78, 5) is 4.33. The van der Waals surface area contributed by atoms with E-state index in [1.165, 1.54) is 0 Å². The van der Waals surface area contributed by atoms with Crippen molar-refractivity contribution in [2.75, 3.05) is 19.6 Å². The van der Waals surface area contributed by atoms with Crippen LogP contribution in [0.3, 0.4) is 0 Å². The third-order valence-electron chi connectivity index (χ3n) is 4.47. The van der Waals surface area contributed by atoms with E-state index >= 15 is 0 Å². The van der Waals surface area contributed by atoms with Crippen LogP contribution in [0.25, 0.3) is 0 Å². The largest absolute Gasteiger partial charge is 0.356 e. The highest BCUT2D eigenvalue weighted by Crippen LogP contribution is 2.67. The molecule has 1 heterocycles. The summed E-state index contributed by atoms with van der Waals surface area (Å²) in [6.07, 6.45) is 0. The molecule has 0 radical (unpaired) electrons. The van der Waals surface area contributed by atoms with Gasteiger partial charge in [0.15, 0.2) is 5.96 Å². The summed E-state index contributed by atoms with van der Waals surface area (Å²) in [6.45, 7) is 12.4. The van der Waals surface area contributed by atoms with E-state index < -0.39 is 0 Å². The van der Waals surface area contributed by atoms with Gasteiger partial charge in [-0.05, 0) is 16.7 Å². The first kappa shape index (κ1) is 9.81.